The van der Waals surface area contributed by atoms with E-state index in [4.69, 9.17) is 0 Å². The molecule has 1 aliphatic rings. The molecular weight excluding hydrogens is 138 g/mol. The van der Waals surface area contributed by atoms with E-state index in [0.717, 1.165) is 5.82 Å². The van der Waals surface area contributed by atoms with Gasteiger partial charge in [0.1, 0.15) is 12.5 Å². The third-order valence-corrected chi connectivity index (χ3v) is 1.64. The van der Waals surface area contributed by atoms with E-state index in [1.165, 1.54) is 0 Å². The fourth-order valence-corrected chi connectivity index (χ4v) is 0.835. The van der Waals surface area contributed by atoms with Crippen LogP contribution >= 0.6 is 0 Å². The van der Waals surface area contributed by atoms with Crippen LogP contribution in [0.1, 0.15) is 0 Å². The lowest BCUT2D eigenvalue weighted by Gasteiger charge is -2.26. The highest BCUT2D eigenvalue weighted by atomic mass is 15.3. The maximum atomic E-state index is 4.12. The molecule has 0 unspecified atom stereocenters. The maximum absolute atomic E-state index is 4.12. The zero-order valence-corrected chi connectivity index (χ0v) is 6.99. The lowest BCUT2D eigenvalue weighted by molar-refractivity contribution is 0.327. The monoisotopic (exact) mass is 151 g/mol. The van der Waals surface area contributed by atoms with Gasteiger partial charge < -0.3 is 9.80 Å². The third kappa shape index (κ3) is 1.83. The Kier molecular flexibility index (Phi) is 2.31. The van der Waals surface area contributed by atoms with E-state index in [1.54, 1.807) is 6.21 Å². The summed E-state index contributed by atoms with van der Waals surface area (Å²) in [5.41, 5.74) is 0. The fourth-order valence-electron chi connectivity index (χ4n) is 0.835. The molecule has 3 nitrogen and oxygen atoms in total. The lowest BCUT2D eigenvalue weighted by Crippen LogP contribution is -2.27. The van der Waals surface area contributed by atoms with E-state index in [0.29, 0.717) is 6.67 Å². The van der Waals surface area contributed by atoms with Crippen LogP contribution in [0, 0.1) is 0 Å². The van der Waals surface area contributed by atoms with Crippen LogP contribution in [0.15, 0.2) is 29.7 Å². The Bertz CT molecular complexity index is 205. The molecule has 0 aliphatic carbocycles. The summed E-state index contributed by atoms with van der Waals surface area (Å²) in [6.45, 7) is 4.58. The highest BCUT2D eigenvalue weighted by Gasteiger charge is 2.04. The molecule has 0 saturated carbocycles. The minimum atomic E-state index is 0.674. The summed E-state index contributed by atoms with van der Waals surface area (Å²) < 4.78 is 0. The van der Waals surface area contributed by atoms with E-state index >= 15 is 0 Å². The Morgan fingerprint density at radius 1 is 1.55 bits per heavy atom. The molecule has 0 N–H and O–H groups in total. The first-order valence-electron chi connectivity index (χ1n) is 3.51. The molecule has 0 fully saturated rings. The molecule has 0 spiro atoms. The van der Waals surface area contributed by atoms with E-state index < -0.39 is 0 Å². The van der Waals surface area contributed by atoms with Gasteiger partial charge in [-0.15, -0.1) is 0 Å². The average Bonchev–Trinajstić information content (AvgIpc) is 2.00. The molecule has 3 heteroatoms. The largest absolute Gasteiger partial charge is 0.342 e. The summed E-state index contributed by atoms with van der Waals surface area (Å²) >= 11 is 0. The summed E-state index contributed by atoms with van der Waals surface area (Å²) in [4.78, 5) is 8.07. The van der Waals surface area contributed by atoms with Crippen LogP contribution < -0.4 is 0 Å². The second kappa shape index (κ2) is 3.23. The van der Waals surface area contributed by atoms with Gasteiger partial charge in [-0.05, 0) is 6.08 Å². The Balaban J connectivity index is 2.75. The molecule has 1 heterocycles. The summed E-state index contributed by atoms with van der Waals surface area (Å²) in [7, 11) is 3.93. The van der Waals surface area contributed by atoms with Crippen molar-refractivity contribution in [3.8, 4) is 0 Å². The topological polar surface area (TPSA) is 18.8 Å². The molecule has 0 aromatic rings. The first kappa shape index (κ1) is 7.85. The molecule has 0 atom stereocenters. The van der Waals surface area contributed by atoms with Crippen molar-refractivity contribution in [2.24, 2.45) is 4.99 Å². The summed E-state index contributed by atoms with van der Waals surface area (Å²) in [6.07, 6.45) is 5.62. The molecule has 0 saturated heterocycles. The molecule has 0 aromatic carbocycles. The molecule has 0 aromatic heterocycles. The van der Waals surface area contributed by atoms with Gasteiger partial charge in [-0.2, -0.15) is 0 Å². The van der Waals surface area contributed by atoms with Gasteiger partial charge in [0.25, 0.3) is 0 Å². The predicted molar refractivity (Wildman–Crippen MR) is 47.2 cm³/mol. The standard InChI is InChI=1S/C8H13N3/c1-8-10(2)6-4-5-9-7-11(8)3/h4-6H,1,7H2,2-3H3. The lowest BCUT2D eigenvalue weighted by atomic mass is 10.5. The van der Waals surface area contributed by atoms with Crippen molar-refractivity contribution in [1.29, 1.82) is 0 Å². The van der Waals surface area contributed by atoms with Gasteiger partial charge in [0, 0.05) is 26.5 Å². The maximum Gasteiger partial charge on any atom is 0.111 e. The van der Waals surface area contributed by atoms with Crippen molar-refractivity contribution in [1.82, 2.24) is 9.80 Å². The Morgan fingerprint density at radius 3 is 3.00 bits per heavy atom. The van der Waals surface area contributed by atoms with Gasteiger partial charge in [0.05, 0.1) is 0 Å². The summed E-state index contributed by atoms with van der Waals surface area (Å²) in [5, 5.41) is 0. The average molecular weight is 151 g/mol. The summed E-state index contributed by atoms with van der Waals surface area (Å²) in [5.74, 6) is 0.957. The Labute approximate surface area is 67.3 Å². The van der Waals surface area contributed by atoms with Crippen LogP contribution in [0.3, 0.4) is 0 Å². The predicted octanol–water partition coefficient (Wildman–Crippen LogP) is 0.877. The third-order valence-electron chi connectivity index (χ3n) is 1.64. The van der Waals surface area contributed by atoms with Crippen molar-refractivity contribution in [3.63, 3.8) is 0 Å². The first-order chi connectivity index (χ1) is 5.22. The van der Waals surface area contributed by atoms with Crippen LogP contribution in [-0.2, 0) is 0 Å². The first-order valence-corrected chi connectivity index (χ1v) is 3.51. The fraction of sp³-hybridized carbons (Fsp3) is 0.375. The van der Waals surface area contributed by atoms with Gasteiger partial charge in [-0.25, -0.2) is 0 Å². The molecule has 1 rings (SSSR count). The molecule has 0 amide bonds. The minimum Gasteiger partial charge on any atom is -0.342 e. The van der Waals surface area contributed by atoms with Crippen molar-refractivity contribution < 1.29 is 0 Å². The van der Waals surface area contributed by atoms with Gasteiger partial charge in [-0.1, -0.05) is 6.58 Å². The Hall–Kier alpha value is -1.25. The number of hydrogen-bond acceptors (Lipinski definition) is 3. The Morgan fingerprint density at radius 2 is 2.27 bits per heavy atom. The van der Waals surface area contributed by atoms with Gasteiger partial charge >= 0.3 is 0 Å². The molecule has 60 valence electrons. The smallest absolute Gasteiger partial charge is 0.111 e. The zero-order valence-electron chi connectivity index (χ0n) is 6.99. The van der Waals surface area contributed by atoms with Crippen LogP contribution in [0.2, 0.25) is 0 Å². The summed E-state index contributed by atoms with van der Waals surface area (Å²) in [6, 6.07) is 0. The van der Waals surface area contributed by atoms with Gasteiger partial charge in [0.2, 0.25) is 0 Å². The van der Waals surface area contributed by atoms with E-state index in [9.17, 15) is 0 Å². The molecule has 11 heavy (non-hydrogen) atoms. The van der Waals surface area contributed by atoms with Crippen LogP contribution in [0.25, 0.3) is 0 Å². The number of allylic oxidation sites excluding steroid dienone is 1. The normalized spacial score (nSPS) is 18.5. The molecular formula is C8H13N3. The second-order valence-electron chi connectivity index (χ2n) is 2.54. The quantitative estimate of drug-likeness (QED) is 0.511. The van der Waals surface area contributed by atoms with E-state index in [-0.39, 0.29) is 0 Å². The van der Waals surface area contributed by atoms with Crippen LogP contribution in [0.5, 0.6) is 0 Å². The minimum absolute atomic E-state index is 0.674. The molecule has 0 bridgehead atoms. The van der Waals surface area contributed by atoms with Gasteiger partial charge in [-0.3, -0.25) is 4.99 Å². The van der Waals surface area contributed by atoms with Gasteiger partial charge in [0.15, 0.2) is 0 Å². The van der Waals surface area contributed by atoms with Crippen molar-refractivity contribution in [3.05, 3.63) is 24.7 Å². The number of hydrogen-bond donors (Lipinski definition) is 0. The molecule has 0 radical (unpaired) electrons. The highest BCUT2D eigenvalue weighted by molar-refractivity contribution is 5.70. The highest BCUT2D eigenvalue weighted by Crippen LogP contribution is 2.05. The van der Waals surface area contributed by atoms with E-state index in [1.807, 2.05) is 36.2 Å². The number of nitrogens with zero attached hydrogens (tertiary/aromatic N) is 3. The SMILES string of the molecule is C=C1N(C)C=CC=NCN1C. The number of aliphatic imine (C=N–C) groups is 1. The second-order valence-corrected chi connectivity index (χ2v) is 2.54. The van der Waals surface area contributed by atoms with Crippen molar-refractivity contribution in [2.75, 3.05) is 20.8 Å². The zero-order chi connectivity index (χ0) is 8.27. The van der Waals surface area contributed by atoms with Crippen LogP contribution in [0.4, 0.5) is 0 Å². The van der Waals surface area contributed by atoms with E-state index in [2.05, 4.69) is 11.6 Å². The van der Waals surface area contributed by atoms with Crippen LogP contribution in [-0.4, -0.2) is 36.8 Å². The number of rotatable bonds is 0. The van der Waals surface area contributed by atoms with Crippen molar-refractivity contribution >= 4 is 6.21 Å². The molecule has 1 aliphatic heterocycles. The van der Waals surface area contributed by atoms with Crippen molar-refractivity contribution in [2.45, 2.75) is 0 Å².